The van der Waals surface area contributed by atoms with Gasteiger partial charge in [-0.05, 0) is 36.1 Å². The van der Waals surface area contributed by atoms with Crippen LogP contribution >= 0.6 is 0 Å². The molecule has 2 aliphatic rings. The van der Waals surface area contributed by atoms with Crippen molar-refractivity contribution in [3.8, 4) is 5.75 Å². The van der Waals surface area contributed by atoms with Gasteiger partial charge >= 0.3 is 0 Å². The lowest BCUT2D eigenvalue weighted by atomic mass is 10.0. The molecule has 2 aromatic carbocycles. The first-order chi connectivity index (χ1) is 15.2. The Hall–Kier alpha value is -3.12. The van der Waals surface area contributed by atoms with E-state index < -0.39 is 0 Å². The Kier molecular flexibility index (Phi) is 6.67. The molecule has 0 aliphatic carbocycles. The standard InChI is InChI=1S/C25H28N2O4/c1-2-16-31-21-10-8-20(9-11-21)22-23(26-14-17-30-18-15-26)25(29)27(24(22)28)13-12-19-6-4-3-5-7-19/h3-11H,2,12-18H2,1H3. The van der Waals surface area contributed by atoms with Gasteiger partial charge in [0, 0.05) is 19.6 Å². The van der Waals surface area contributed by atoms with Crippen molar-refractivity contribution in [1.29, 1.82) is 0 Å². The van der Waals surface area contributed by atoms with Crippen molar-refractivity contribution in [2.24, 2.45) is 0 Å². The molecule has 162 valence electrons. The van der Waals surface area contributed by atoms with Crippen molar-refractivity contribution in [3.05, 3.63) is 71.4 Å². The number of carbonyl (C=O) groups excluding carboxylic acids is 2. The van der Waals surface area contributed by atoms with Gasteiger partial charge in [-0.15, -0.1) is 0 Å². The fraction of sp³-hybridized carbons (Fsp3) is 0.360. The molecule has 1 saturated heterocycles. The fourth-order valence-corrected chi connectivity index (χ4v) is 3.93. The van der Waals surface area contributed by atoms with Crippen molar-refractivity contribution in [3.63, 3.8) is 0 Å². The molecular weight excluding hydrogens is 392 g/mol. The minimum atomic E-state index is -0.232. The van der Waals surface area contributed by atoms with E-state index in [-0.39, 0.29) is 11.8 Å². The second-order valence-corrected chi connectivity index (χ2v) is 7.69. The number of ether oxygens (including phenoxy) is 2. The van der Waals surface area contributed by atoms with Crippen molar-refractivity contribution >= 4 is 17.4 Å². The molecule has 0 atom stereocenters. The lowest BCUT2D eigenvalue weighted by Gasteiger charge is -2.29. The second kappa shape index (κ2) is 9.79. The first-order valence-corrected chi connectivity index (χ1v) is 10.9. The first kappa shape index (κ1) is 21.1. The topological polar surface area (TPSA) is 59.1 Å². The van der Waals surface area contributed by atoms with Crippen LogP contribution in [0.25, 0.3) is 5.57 Å². The number of hydrogen-bond acceptors (Lipinski definition) is 5. The predicted octanol–water partition coefficient (Wildman–Crippen LogP) is 3.13. The average molecular weight is 421 g/mol. The van der Waals surface area contributed by atoms with Crippen molar-refractivity contribution < 1.29 is 19.1 Å². The van der Waals surface area contributed by atoms with Gasteiger partial charge in [-0.25, -0.2) is 0 Å². The van der Waals surface area contributed by atoms with Gasteiger partial charge in [0.05, 0.1) is 25.4 Å². The molecule has 0 N–H and O–H groups in total. The van der Waals surface area contributed by atoms with Crippen LogP contribution in [-0.2, 0) is 20.7 Å². The van der Waals surface area contributed by atoms with E-state index in [0.29, 0.717) is 57.1 Å². The maximum atomic E-state index is 13.4. The van der Waals surface area contributed by atoms with E-state index in [9.17, 15) is 9.59 Å². The van der Waals surface area contributed by atoms with Gasteiger partial charge in [-0.1, -0.05) is 49.4 Å². The van der Waals surface area contributed by atoms with E-state index in [1.165, 1.54) is 4.90 Å². The molecule has 0 saturated carbocycles. The molecule has 4 rings (SSSR count). The number of amides is 2. The summed E-state index contributed by atoms with van der Waals surface area (Å²) >= 11 is 0. The van der Waals surface area contributed by atoms with E-state index >= 15 is 0 Å². The summed E-state index contributed by atoms with van der Waals surface area (Å²) in [7, 11) is 0. The summed E-state index contributed by atoms with van der Waals surface area (Å²) in [5.74, 6) is 0.311. The number of imide groups is 1. The van der Waals surface area contributed by atoms with Crippen LogP contribution in [0.5, 0.6) is 5.75 Å². The Morgan fingerprint density at radius 3 is 2.32 bits per heavy atom. The van der Waals surface area contributed by atoms with Gasteiger partial charge in [-0.3, -0.25) is 14.5 Å². The highest BCUT2D eigenvalue weighted by Crippen LogP contribution is 2.33. The zero-order valence-corrected chi connectivity index (χ0v) is 17.9. The van der Waals surface area contributed by atoms with Gasteiger partial charge < -0.3 is 14.4 Å². The maximum Gasteiger partial charge on any atom is 0.277 e. The van der Waals surface area contributed by atoms with Crippen LogP contribution in [0, 0.1) is 0 Å². The summed E-state index contributed by atoms with van der Waals surface area (Å²) in [6.07, 6.45) is 1.56. The average Bonchev–Trinajstić information content (AvgIpc) is 3.07. The van der Waals surface area contributed by atoms with Crippen LogP contribution in [0.2, 0.25) is 0 Å². The lowest BCUT2D eigenvalue weighted by Crippen LogP contribution is -2.40. The Labute approximate surface area is 183 Å². The Bertz CT molecular complexity index is 947. The molecule has 0 radical (unpaired) electrons. The molecule has 2 aromatic rings. The first-order valence-electron chi connectivity index (χ1n) is 10.9. The predicted molar refractivity (Wildman–Crippen MR) is 118 cm³/mol. The largest absolute Gasteiger partial charge is 0.494 e. The Morgan fingerprint density at radius 1 is 0.935 bits per heavy atom. The van der Waals surface area contributed by atoms with Gasteiger partial charge in [-0.2, -0.15) is 0 Å². The number of hydrogen-bond donors (Lipinski definition) is 0. The molecule has 0 aromatic heterocycles. The summed E-state index contributed by atoms with van der Waals surface area (Å²) in [6, 6.07) is 17.4. The van der Waals surface area contributed by atoms with Crippen LogP contribution in [0.4, 0.5) is 0 Å². The quantitative estimate of drug-likeness (QED) is 0.614. The number of benzene rings is 2. The van der Waals surface area contributed by atoms with E-state index in [0.717, 1.165) is 23.3 Å². The van der Waals surface area contributed by atoms with Gasteiger partial charge in [0.1, 0.15) is 11.4 Å². The molecule has 6 heteroatoms. The normalized spacial score (nSPS) is 16.9. The molecule has 0 spiro atoms. The SMILES string of the molecule is CCCOc1ccc(C2=C(N3CCOCC3)C(=O)N(CCc3ccccc3)C2=O)cc1. The number of morpholine rings is 1. The summed E-state index contributed by atoms with van der Waals surface area (Å²) in [4.78, 5) is 30.1. The molecular formula is C25H28N2O4. The van der Waals surface area contributed by atoms with Crippen molar-refractivity contribution in [2.75, 3.05) is 39.5 Å². The monoisotopic (exact) mass is 420 g/mol. The van der Waals surface area contributed by atoms with E-state index in [4.69, 9.17) is 9.47 Å². The summed E-state index contributed by atoms with van der Waals surface area (Å²) in [6.45, 7) is 5.35. The van der Waals surface area contributed by atoms with Gasteiger partial charge in [0.2, 0.25) is 0 Å². The zero-order valence-electron chi connectivity index (χ0n) is 17.9. The zero-order chi connectivity index (χ0) is 21.6. The summed E-state index contributed by atoms with van der Waals surface area (Å²) < 4.78 is 11.1. The molecule has 0 bridgehead atoms. The molecule has 0 unspecified atom stereocenters. The summed E-state index contributed by atoms with van der Waals surface area (Å²) in [5, 5.41) is 0. The number of nitrogens with zero attached hydrogens (tertiary/aromatic N) is 2. The van der Waals surface area contributed by atoms with E-state index in [2.05, 4.69) is 6.92 Å². The molecule has 2 amide bonds. The van der Waals surface area contributed by atoms with Crippen molar-refractivity contribution in [1.82, 2.24) is 9.80 Å². The Balaban J connectivity index is 1.61. The van der Waals surface area contributed by atoms with E-state index in [1.54, 1.807) is 0 Å². The van der Waals surface area contributed by atoms with Crippen LogP contribution in [-0.4, -0.2) is 61.1 Å². The summed E-state index contributed by atoms with van der Waals surface area (Å²) in [5.41, 5.74) is 2.80. The highest BCUT2D eigenvalue weighted by Gasteiger charge is 2.41. The fourth-order valence-electron chi connectivity index (χ4n) is 3.93. The van der Waals surface area contributed by atoms with Crippen molar-refractivity contribution in [2.45, 2.75) is 19.8 Å². The number of rotatable bonds is 8. The minimum absolute atomic E-state index is 0.218. The third-order valence-electron chi connectivity index (χ3n) is 5.55. The third kappa shape index (κ3) is 4.64. The van der Waals surface area contributed by atoms with Crippen LogP contribution < -0.4 is 4.74 Å². The smallest absolute Gasteiger partial charge is 0.277 e. The van der Waals surface area contributed by atoms with Crippen LogP contribution in [0.3, 0.4) is 0 Å². The van der Waals surface area contributed by atoms with Crippen LogP contribution in [0.1, 0.15) is 24.5 Å². The lowest BCUT2D eigenvalue weighted by molar-refractivity contribution is -0.137. The second-order valence-electron chi connectivity index (χ2n) is 7.69. The molecule has 6 nitrogen and oxygen atoms in total. The third-order valence-corrected chi connectivity index (χ3v) is 5.55. The maximum absolute atomic E-state index is 13.4. The molecule has 1 fully saturated rings. The molecule has 2 heterocycles. The number of carbonyl (C=O) groups is 2. The van der Waals surface area contributed by atoms with Gasteiger partial charge in [0.15, 0.2) is 0 Å². The highest BCUT2D eigenvalue weighted by molar-refractivity contribution is 6.35. The van der Waals surface area contributed by atoms with Crippen LogP contribution in [0.15, 0.2) is 60.3 Å². The minimum Gasteiger partial charge on any atom is -0.494 e. The van der Waals surface area contributed by atoms with Gasteiger partial charge in [0.25, 0.3) is 11.8 Å². The molecule has 31 heavy (non-hydrogen) atoms. The highest BCUT2D eigenvalue weighted by atomic mass is 16.5. The Morgan fingerprint density at radius 2 is 1.65 bits per heavy atom. The molecule has 2 aliphatic heterocycles. The van der Waals surface area contributed by atoms with E-state index in [1.807, 2.05) is 59.5 Å².